The first kappa shape index (κ1) is 13.3. The summed E-state index contributed by atoms with van der Waals surface area (Å²) in [6.45, 7) is 9.04. The van der Waals surface area contributed by atoms with E-state index in [0.717, 1.165) is 0 Å². The summed E-state index contributed by atoms with van der Waals surface area (Å²) in [6.07, 6.45) is -0.386. The van der Waals surface area contributed by atoms with Gasteiger partial charge in [-0.3, -0.25) is 0 Å². The molecule has 1 saturated heterocycles. The van der Waals surface area contributed by atoms with Crippen molar-refractivity contribution in [3.8, 4) is 0 Å². The Balaban J connectivity index is 2.50. The zero-order valence-electron chi connectivity index (χ0n) is 10.5. The predicted octanol–water partition coefficient (Wildman–Crippen LogP) is 0.969. The number of carbonyl (C=O) groups is 1. The van der Waals surface area contributed by atoms with Crippen LogP contribution in [0.3, 0.4) is 0 Å². The second kappa shape index (κ2) is 5.01. The number of amides is 1. The number of nitrogens with two attached hydrogens (primary N) is 1. The van der Waals surface area contributed by atoms with Crippen molar-refractivity contribution in [2.75, 3.05) is 19.7 Å². The molecule has 2 atom stereocenters. The Morgan fingerprint density at radius 1 is 1.56 bits per heavy atom. The maximum atomic E-state index is 11.8. The van der Waals surface area contributed by atoms with Gasteiger partial charge in [0.05, 0.1) is 19.3 Å². The van der Waals surface area contributed by atoms with E-state index in [1.807, 2.05) is 27.7 Å². The van der Waals surface area contributed by atoms with Gasteiger partial charge in [0.15, 0.2) is 0 Å². The summed E-state index contributed by atoms with van der Waals surface area (Å²) in [5, 5.41) is 0. The quantitative estimate of drug-likeness (QED) is 0.729. The van der Waals surface area contributed by atoms with Crippen LogP contribution in [0.25, 0.3) is 0 Å². The van der Waals surface area contributed by atoms with Gasteiger partial charge in [0, 0.05) is 12.6 Å². The molecule has 16 heavy (non-hydrogen) atoms. The third kappa shape index (κ3) is 3.98. The molecule has 0 bridgehead atoms. The number of carbonyl (C=O) groups excluding carboxylic acids is 1. The minimum atomic E-state index is -0.459. The van der Waals surface area contributed by atoms with E-state index in [0.29, 0.717) is 19.7 Å². The Hall–Kier alpha value is -0.810. The van der Waals surface area contributed by atoms with E-state index in [9.17, 15) is 4.79 Å². The molecule has 0 aromatic carbocycles. The Bertz CT molecular complexity index is 248. The molecule has 1 rings (SSSR count). The van der Waals surface area contributed by atoms with Gasteiger partial charge >= 0.3 is 6.09 Å². The second-order valence-electron chi connectivity index (χ2n) is 5.19. The lowest BCUT2D eigenvalue weighted by Gasteiger charge is -2.35. The van der Waals surface area contributed by atoms with E-state index in [1.165, 1.54) is 0 Å². The molecule has 1 heterocycles. The van der Waals surface area contributed by atoms with E-state index >= 15 is 0 Å². The minimum absolute atomic E-state index is 0.0785. The summed E-state index contributed by atoms with van der Waals surface area (Å²) >= 11 is 0. The molecule has 1 aliphatic rings. The number of hydrogen-bond acceptors (Lipinski definition) is 4. The molecule has 1 amide bonds. The maximum Gasteiger partial charge on any atom is 0.410 e. The highest BCUT2D eigenvalue weighted by molar-refractivity contribution is 5.68. The Labute approximate surface area is 96.9 Å². The summed E-state index contributed by atoms with van der Waals surface area (Å²) < 4.78 is 10.8. The maximum absolute atomic E-state index is 11.8. The third-order valence-corrected chi connectivity index (χ3v) is 2.33. The zero-order valence-corrected chi connectivity index (χ0v) is 10.5. The molecule has 2 N–H and O–H groups in total. The van der Waals surface area contributed by atoms with Gasteiger partial charge in [-0.15, -0.1) is 0 Å². The normalized spacial score (nSPS) is 24.1. The monoisotopic (exact) mass is 230 g/mol. The molecule has 0 spiro atoms. The van der Waals surface area contributed by atoms with Crippen LogP contribution in [0.2, 0.25) is 0 Å². The molecular formula is C11H22N2O3. The molecule has 5 heteroatoms. The lowest BCUT2D eigenvalue weighted by molar-refractivity contribution is -0.0483. The molecule has 1 aliphatic heterocycles. The molecule has 94 valence electrons. The van der Waals surface area contributed by atoms with Gasteiger partial charge in [-0.2, -0.15) is 0 Å². The lowest BCUT2D eigenvalue weighted by Crippen LogP contribution is -2.52. The molecule has 0 aliphatic carbocycles. The van der Waals surface area contributed by atoms with Crippen LogP contribution in [0.5, 0.6) is 0 Å². The predicted molar refractivity (Wildman–Crippen MR) is 61.2 cm³/mol. The summed E-state index contributed by atoms with van der Waals surface area (Å²) in [5.41, 5.74) is 5.29. The summed E-state index contributed by atoms with van der Waals surface area (Å²) in [6, 6.07) is -0.0785. The van der Waals surface area contributed by atoms with Crippen LogP contribution in [0.4, 0.5) is 4.79 Å². The minimum Gasteiger partial charge on any atom is -0.444 e. The van der Waals surface area contributed by atoms with E-state index in [-0.39, 0.29) is 18.2 Å². The largest absolute Gasteiger partial charge is 0.444 e. The van der Waals surface area contributed by atoms with Crippen LogP contribution in [0, 0.1) is 0 Å². The van der Waals surface area contributed by atoms with Crippen molar-refractivity contribution in [2.45, 2.75) is 45.4 Å². The standard InChI is InChI=1S/C11H22N2O3/c1-8(12)9-7-13(5-6-15-9)10(14)16-11(2,3)4/h8-9H,5-7,12H2,1-4H3/t8-,9-/m0/s1. The second-order valence-corrected chi connectivity index (χ2v) is 5.19. The van der Waals surface area contributed by atoms with Crippen LogP contribution in [0.1, 0.15) is 27.7 Å². The first-order valence-electron chi connectivity index (χ1n) is 5.65. The van der Waals surface area contributed by atoms with Gasteiger partial charge in [-0.25, -0.2) is 4.79 Å². The number of ether oxygens (including phenoxy) is 2. The van der Waals surface area contributed by atoms with Crippen LogP contribution in [0.15, 0.2) is 0 Å². The summed E-state index contributed by atoms with van der Waals surface area (Å²) in [4.78, 5) is 13.4. The smallest absolute Gasteiger partial charge is 0.410 e. The van der Waals surface area contributed by atoms with Crippen molar-refractivity contribution < 1.29 is 14.3 Å². The van der Waals surface area contributed by atoms with Crippen LogP contribution in [-0.2, 0) is 9.47 Å². The zero-order chi connectivity index (χ0) is 12.3. The molecule has 1 fully saturated rings. The average molecular weight is 230 g/mol. The van der Waals surface area contributed by atoms with Crippen LogP contribution in [-0.4, -0.2) is 48.4 Å². The molecule has 0 unspecified atom stereocenters. The fourth-order valence-corrected chi connectivity index (χ4v) is 1.49. The number of hydrogen-bond donors (Lipinski definition) is 1. The molecule has 5 nitrogen and oxygen atoms in total. The number of rotatable bonds is 1. The third-order valence-electron chi connectivity index (χ3n) is 2.33. The Kier molecular flexibility index (Phi) is 4.15. The number of morpholine rings is 1. The van der Waals surface area contributed by atoms with Gasteiger partial charge in [0.2, 0.25) is 0 Å². The first-order valence-corrected chi connectivity index (χ1v) is 5.65. The van der Waals surface area contributed by atoms with Crippen molar-refractivity contribution in [3.05, 3.63) is 0 Å². The summed E-state index contributed by atoms with van der Waals surface area (Å²) in [7, 11) is 0. The van der Waals surface area contributed by atoms with E-state index in [2.05, 4.69) is 0 Å². The van der Waals surface area contributed by atoms with Gasteiger partial charge in [0.25, 0.3) is 0 Å². The van der Waals surface area contributed by atoms with Gasteiger partial charge in [0.1, 0.15) is 5.60 Å². The van der Waals surface area contributed by atoms with Crippen molar-refractivity contribution >= 4 is 6.09 Å². The van der Waals surface area contributed by atoms with Crippen LogP contribution >= 0.6 is 0 Å². The fraction of sp³-hybridized carbons (Fsp3) is 0.909. The summed E-state index contributed by atoms with van der Waals surface area (Å²) in [5.74, 6) is 0. The van der Waals surface area contributed by atoms with Gasteiger partial charge in [-0.1, -0.05) is 0 Å². The highest BCUT2D eigenvalue weighted by Gasteiger charge is 2.29. The van der Waals surface area contributed by atoms with E-state index < -0.39 is 5.60 Å². The average Bonchev–Trinajstić information content (AvgIpc) is 2.15. The number of nitrogens with zero attached hydrogens (tertiary/aromatic N) is 1. The lowest BCUT2D eigenvalue weighted by atomic mass is 10.1. The molecular weight excluding hydrogens is 208 g/mol. The Morgan fingerprint density at radius 2 is 2.19 bits per heavy atom. The molecule has 0 aromatic heterocycles. The topological polar surface area (TPSA) is 64.8 Å². The highest BCUT2D eigenvalue weighted by Crippen LogP contribution is 2.13. The van der Waals surface area contributed by atoms with Crippen molar-refractivity contribution in [3.63, 3.8) is 0 Å². The van der Waals surface area contributed by atoms with Crippen molar-refractivity contribution in [1.29, 1.82) is 0 Å². The fourth-order valence-electron chi connectivity index (χ4n) is 1.49. The SMILES string of the molecule is C[C@H](N)[C@@H]1CN(C(=O)OC(C)(C)C)CCO1. The van der Waals surface area contributed by atoms with Crippen LogP contribution < -0.4 is 5.73 Å². The Morgan fingerprint density at radius 3 is 2.69 bits per heavy atom. The highest BCUT2D eigenvalue weighted by atomic mass is 16.6. The molecule has 0 radical (unpaired) electrons. The molecule has 0 aromatic rings. The van der Waals surface area contributed by atoms with Gasteiger partial charge in [-0.05, 0) is 27.7 Å². The van der Waals surface area contributed by atoms with Gasteiger partial charge < -0.3 is 20.1 Å². The van der Waals surface area contributed by atoms with E-state index in [4.69, 9.17) is 15.2 Å². The van der Waals surface area contributed by atoms with Crippen molar-refractivity contribution in [2.24, 2.45) is 5.73 Å². The van der Waals surface area contributed by atoms with E-state index in [1.54, 1.807) is 4.90 Å². The van der Waals surface area contributed by atoms with Crippen molar-refractivity contribution in [1.82, 2.24) is 4.90 Å². The molecule has 0 saturated carbocycles. The first-order chi connectivity index (χ1) is 7.29.